The summed E-state index contributed by atoms with van der Waals surface area (Å²) < 4.78 is 28.9. The second-order valence-electron chi connectivity index (χ2n) is 14.1. The number of carbonyl (C=O) groups is 2. The minimum atomic E-state index is -0.739. The number of benzene rings is 4. The summed E-state index contributed by atoms with van der Waals surface area (Å²) in [6.07, 6.45) is 4.34. The SMILES string of the molecule is COc1cc(Cn2ncc3c(-c4cccc(-c5cc(F)c(CNC[C@@H]6CCC(=O)N6)c(OC)c5)c4Cl)cccc32)c(Cl)cc1CN(C)C1CC(C(=O)O)C1. The summed E-state index contributed by atoms with van der Waals surface area (Å²) in [5.41, 5.74) is 5.94. The fraction of sp³-hybridized carbons (Fsp3) is 0.341. The zero-order valence-electron chi connectivity index (χ0n) is 30.3. The van der Waals surface area contributed by atoms with Crippen molar-refractivity contribution in [2.45, 2.75) is 57.4 Å². The molecule has 10 nitrogen and oxygen atoms in total. The van der Waals surface area contributed by atoms with E-state index in [-0.39, 0.29) is 30.5 Å². The first kappa shape index (κ1) is 37.6. The minimum absolute atomic E-state index is 0.0322. The number of aliphatic carboxylic acids is 1. The van der Waals surface area contributed by atoms with Crippen molar-refractivity contribution in [2.24, 2.45) is 5.92 Å². The van der Waals surface area contributed by atoms with E-state index in [9.17, 15) is 14.7 Å². The molecule has 2 fully saturated rings. The zero-order valence-corrected chi connectivity index (χ0v) is 31.8. The van der Waals surface area contributed by atoms with Crippen LogP contribution in [-0.2, 0) is 29.2 Å². The lowest BCUT2D eigenvalue weighted by atomic mass is 9.79. The van der Waals surface area contributed by atoms with Gasteiger partial charge in [0.25, 0.3) is 0 Å². The van der Waals surface area contributed by atoms with Crippen molar-refractivity contribution in [1.82, 2.24) is 25.3 Å². The number of carbonyl (C=O) groups excluding carboxylic acids is 1. The lowest BCUT2D eigenvalue weighted by Gasteiger charge is -2.39. The maximum Gasteiger partial charge on any atom is 0.306 e. The number of nitrogens with one attached hydrogen (secondary N) is 2. The Kier molecular flexibility index (Phi) is 11.1. The van der Waals surface area contributed by atoms with E-state index in [0.29, 0.717) is 77.1 Å². The first-order valence-corrected chi connectivity index (χ1v) is 18.7. The van der Waals surface area contributed by atoms with E-state index in [1.54, 1.807) is 13.2 Å². The van der Waals surface area contributed by atoms with Gasteiger partial charge in [0.2, 0.25) is 5.91 Å². The topological polar surface area (TPSA) is 118 Å². The Morgan fingerprint density at radius 2 is 1.78 bits per heavy atom. The predicted molar refractivity (Wildman–Crippen MR) is 208 cm³/mol. The molecule has 1 saturated heterocycles. The molecule has 1 aliphatic heterocycles. The molecule has 5 aromatic rings. The molecule has 282 valence electrons. The van der Waals surface area contributed by atoms with Crippen molar-refractivity contribution in [3.05, 3.63) is 99.4 Å². The molecular formula is C41H42Cl2FN5O5. The number of carboxylic acids is 1. The number of carboxylic acid groups (broad SMARTS) is 1. The minimum Gasteiger partial charge on any atom is -0.496 e. The average Bonchev–Trinajstić information content (AvgIpc) is 3.74. The van der Waals surface area contributed by atoms with Crippen LogP contribution < -0.4 is 20.1 Å². The molecule has 1 aromatic heterocycles. The standard InChI is InChI=1S/C41H42Cl2FN5O5/c1-48(28-12-24(13-28)41(51)52)21-26-14-34(42)25(17-37(26)53-2)22-49-36-9-5-7-30(32(36)20-46-49)31-8-4-6-29(40(31)43)23-15-35(44)33(38(16-23)54-3)19-45-18-27-10-11-39(50)47-27/h4-9,14-17,20,24,27-28,45H,10-13,18-19,21-22H2,1-3H3,(H,47,50)(H,51,52)/t24?,27-,28?/m0/s1. The maximum atomic E-state index is 15.6. The highest BCUT2D eigenvalue weighted by molar-refractivity contribution is 6.36. The summed E-state index contributed by atoms with van der Waals surface area (Å²) in [5.74, 6) is -0.296. The number of ether oxygens (including phenoxy) is 2. The van der Waals surface area contributed by atoms with Crippen molar-refractivity contribution in [2.75, 3.05) is 27.8 Å². The molecule has 0 bridgehead atoms. The van der Waals surface area contributed by atoms with Crippen molar-refractivity contribution in [1.29, 1.82) is 0 Å². The Morgan fingerprint density at radius 3 is 2.50 bits per heavy atom. The third-order valence-corrected chi connectivity index (χ3v) is 11.5. The number of amides is 1. The molecule has 1 saturated carbocycles. The van der Waals surface area contributed by atoms with Crippen LogP contribution >= 0.6 is 23.2 Å². The lowest BCUT2D eigenvalue weighted by molar-refractivity contribution is -0.146. The van der Waals surface area contributed by atoms with Crippen LogP contribution in [0.3, 0.4) is 0 Å². The Balaban J connectivity index is 1.11. The predicted octanol–water partition coefficient (Wildman–Crippen LogP) is 7.54. The van der Waals surface area contributed by atoms with Gasteiger partial charge in [0.15, 0.2) is 0 Å². The molecule has 3 N–H and O–H groups in total. The quantitative estimate of drug-likeness (QED) is 0.106. The number of nitrogens with zero attached hydrogens (tertiary/aromatic N) is 3. The van der Waals surface area contributed by atoms with Crippen LogP contribution in [0.1, 0.15) is 42.4 Å². The van der Waals surface area contributed by atoms with Crippen LogP contribution in [0.25, 0.3) is 33.2 Å². The molecule has 0 radical (unpaired) electrons. The molecule has 0 spiro atoms. The van der Waals surface area contributed by atoms with Gasteiger partial charge in [0, 0.05) is 70.8 Å². The highest BCUT2D eigenvalue weighted by Crippen LogP contribution is 2.41. The molecule has 2 aliphatic rings. The number of methoxy groups -OCH3 is 2. The van der Waals surface area contributed by atoms with Crippen molar-refractivity contribution >= 4 is 46.0 Å². The lowest BCUT2D eigenvalue weighted by Crippen LogP contribution is -2.44. The van der Waals surface area contributed by atoms with Gasteiger partial charge >= 0.3 is 5.97 Å². The Hall–Kier alpha value is -4.68. The summed E-state index contributed by atoms with van der Waals surface area (Å²) in [7, 11) is 5.14. The molecule has 54 heavy (non-hydrogen) atoms. The summed E-state index contributed by atoms with van der Waals surface area (Å²) in [5, 5.41) is 22.1. The molecule has 7 rings (SSSR count). The third kappa shape index (κ3) is 7.63. The van der Waals surface area contributed by atoms with E-state index in [2.05, 4.69) is 15.5 Å². The van der Waals surface area contributed by atoms with Gasteiger partial charge in [-0.05, 0) is 73.3 Å². The van der Waals surface area contributed by atoms with E-state index in [4.69, 9.17) is 37.8 Å². The van der Waals surface area contributed by atoms with Gasteiger partial charge in [-0.3, -0.25) is 19.2 Å². The van der Waals surface area contributed by atoms with Crippen molar-refractivity contribution in [3.63, 3.8) is 0 Å². The fourth-order valence-electron chi connectivity index (χ4n) is 7.53. The van der Waals surface area contributed by atoms with Gasteiger partial charge in [-0.15, -0.1) is 0 Å². The molecule has 4 aromatic carbocycles. The van der Waals surface area contributed by atoms with Gasteiger partial charge in [0.05, 0.1) is 43.4 Å². The van der Waals surface area contributed by atoms with Gasteiger partial charge in [-0.25, -0.2) is 4.39 Å². The van der Waals surface area contributed by atoms with Gasteiger partial charge in [-0.2, -0.15) is 5.10 Å². The van der Waals surface area contributed by atoms with Gasteiger partial charge < -0.3 is 25.2 Å². The molecule has 13 heteroatoms. The van der Waals surface area contributed by atoms with Crippen LogP contribution in [0.15, 0.2) is 66.9 Å². The normalized spacial score (nSPS) is 18.2. The van der Waals surface area contributed by atoms with Gasteiger partial charge in [-0.1, -0.05) is 53.5 Å². The number of aromatic nitrogens is 2. The Labute approximate surface area is 323 Å². The van der Waals surface area contributed by atoms with Crippen LogP contribution in [0, 0.1) is 11.7 Å². The third-order valence-electron chi connectivity index (χ3n) is 10.7. The van der Waals surface area contributed by atoms with E-state index in [1.165, 1.54) is 13.2 Å². The number of hydrogen-bond acceptors (Lipinski definition) is 7. The number of fused-ring (bicyclic) bond motifs is 1. The van der Waals surface area contributed by atoms with Gasteiger partial charge in [0.1, 0.15) is 17.3 Å². The van der Waals surface area contributed by atoms with Crippen LogP contribution in [0.5, 0.6) is 11.5 Å². The zero-order chi connectivity index (χ0) is 38.1. The van der Waals surface area contributed by atoms with Crippen LogP contribution in [0.2, 0.25) is 10.0 Å². The maximum absolute atomic E-state index is 15.6. The fourth-order valence-corrected chi connectivity index (χ4v) is 8.11. The van der Waals surface area contributed by atoms with E-state index in [0.717, 1.165) is 39.6 Å². The van der Waals surface area contributed by atoms with E-state index >= 15 is 4.39 Å². The molecule has 1 atom stereocenters. The number of hydrogen-bond donors (Lipinski definition) is 3. The summed E-state index contributed by atoms with van der Waals surface area (Å²) in [6, 6.07) is 19.0. The molecular weight excluding hydrogens is 732 g/mol. The molecule has 1 aliphatic carbocycles. The van der Waals surface area contributed by atoms with Crippen molar-refractivity contribution < 1.29 is 28.6 Å². The Morgan fingerprint density at radius 1 is 1.04 bits per heavy atom. The molecule has 2 heterocycles. The number of halogens is 3. The summed E-state index contributed by atoms with van der Waals surface area (Å²) in [6.45, 7) is 1.76. The second-order valence-corrected chi connectivity index (χ2v) is 14.9. The highest BCUT2D eigenvalue weighted by atomic mass is 35.5. The van der Waals surface area contributed by atoms with Crippen molar-refractivity contribution in [3.8, 4) is 33.8 Å². The Bertz CT molecular complexity index is 2220. The average molecular weight is 775 g/mol. The first-order valence-electron chi connectivity index (χ1n) is 17.9. The summed E-state index contributed by atoms with van der Waals surface area (Å²) in [4.78, 5) is 25.0. The summed E-state index contributed by atoms with van der Waals surface area (Å²) >= 11 is 14.0. The smallest absolute Gasteiger partial charge is 0.306 e. The first-order chi connectivity index (χ1) is 26.0. The molecule has 1 amide bonds. The highest BCUT2D eigenvalue weighted by Gasteiger charge is 2.37. The van der Waals surface area contributed by atoms with E-state index in [1.807, 2.05) is 66.5 Å². The van der Waals surface area contributed by atoms with Crippen LogP contribution in [-0.4, -0.2) is 71.6 Å². The largest absolute Gasteiger partial charge is 0.496 e. The van der Waals surface area contributed by atoms with Crippen LogP contribution in [0.4, 0.5) is 4.39 Å². The number of rotatable bonds is 14. The van der Waals surface area contributed by atoms with E-state index < -0.39 is 11.8 Å². The second kappa shape index (κ2) is 16.0. The monoisotopic (exact) mass is 773 g/mol. The molecule has 0 unspecified atom stereocenters.